The summed E-state index contributed by atoms with van der Waals surface area (Å²) in [5.74, 6) is -7.79. The molecule has 6 atom stereocenters. The van der Waals surface area contributed by atoms with Crippen LogP contribution < -0.4 is 54.4 Å². The smallest absolute Gasteiger partial charge is 0.303 e. The molecule has 0 aliphatic rings. The fourth-order valence-corrected chi connectivity index (χ4v) is 4.98. The number of aliphatic hydroxyl groups is 1. The number of aliphatic hydroxyl groups excluding tert-OH is 1. The Morgan fingerprint density at radius 2 is 1.38 bits per heavy atom. The van der Waals surface area contributed by atoms with Gasteiger partial charge in [-0.2, -0.15) is 12.6 Å². The molecule has 7 amide bonds. The van der Waals surface area contributed by atoms with Crippen molar-refractivity contribution in [1.82, 2.24) is 37.2 Å². The van der Waals surface area contributed by atoms with Crippen molar-refractivity contribution in [1.29, 1.82) is 0 Å². The van der Waals surface area contributed by atoms with E-state index in [1.807, 2.05) is 0 Å². The lowest BCUT2D eigenvalue weighted by molar-refractivity contribution is -0.138. The van der Waals surface area contributed by atoms with Crippen molar-refractivity contribution in [3.63, 3.8) is 0 Å². The molecule has 0 saturated heterocycles. The molecule has 22 nitrogen and oxygen atoms in total. The second kappa shape index (κ2) is 26.1. The van der Waals surface area contributed by atoms with E-state index in [-0.39, 0.29) is 37.5 Å². The largest absolute Gasteiger partial charge is 0.481 e. The highest BCUT2D eigenvalue weighted by molar-refractivity contribution is 7.80. The highest BCUT2D eigenvalue weighted by atomic mass is 32.1. The number of carboxylic acid groups (broad SMARTS) is 1. The van der Waals surface area contributed by atoms with Crippen molar-refractivity contribution in [3.05, 3.63) is 35.9 Å². The number of benzene rings is 1. The summed E-state index contributed by atoms with van der Waals surface area (Å²) < 4.78 is 0. The van der Waals surface area contributed by atoms with Gasteiger partial charge in [-0.1, -0.05) is 30.3 Å². The van der Waals surface area contributed by atoms with Crippen LogP contribution >= 0.6 is 12.6 Å². The summed E-state index contributed by atoms with van der Waals surface area (Å²) in [5.41, 5.74) is 16.7. The Balaban J connectivity index is 3.02. The number of carbonyl (C=O) groups is 9. The lowest BCUT2D eigenvalue weighted by Crippen LogP contribution is -2.59. The van der Waals surface area contributed by atoms with E-state index in [9.17, 15) is 53.4 Å². The zero-order valence-corrected chi connectivity index (χ0v) is 31.6. The van der Waals surface area contributed by atoms with Gasteiger partial charge in [-0.05, 0) is 38.2 Å². The molecule has 0 bridgehead atoms. The molecule has 15 N–H and O–H groups in total. The third kappa shape index (κ3) is 19.0. The van der Waals surface area contributed by atoms with Crippen LogP contribution in [-0.4, -0.2) is 138 Å². The Hall–Kier alpha value is -5.81. The van der Waals surface area contributed by atoms with E-state index in [2.05, 4.69) is 54.8 Å². The molecule has 0 saturated carbocycles. The number of amides is 7. The van der Waals surface area contributed by atoms with Gasteiger partial charge in [0, 0.05) is 18.7 Å². The maximum Gasteiger partial charge on any atom is 0.303 e. The Morgan fingerprint density at radius 3 is 1.95 bits per heavy atom. The molecule has 0 aromatic heterocycles. The van der Waals surface area contributed by atoms with Crippen molar-refractivity contribution in [2.45, 2.75) is 75.3 Å². The maximum absolute atomic E-state index is 13.4. The molecule has 0 aliphatic heterocycles. The van der Waals surface area contributed by atoms with E-state index in [1.54, 1.807) is 30.3 Å². The van der Waals surface area contributed by atoms with Crippen LogP contribution in [0.25, 0.3) is 0 Å². The molecule has 1 rings (SSSR count). The van der Waals surface area contributed by atoms with E-state index in [0.29, 0.717) is 6.29 Å². The number of aliphatic carboxylic acids is 1. The standard InChI is InChI=1S/C33H51N11O11S/c1-18(39-32(55)24(17-56)41-25(47)13-34)28(51)42-21(8-5-11-37-33(35)36)30(53)44-23(16-46)31(54)43-22(9-10-27(49)50)29(52)38-14-26(48)40-20(15-45)12-19-6-3-2-4-7-19/h2-4,6-7,15,18,20-24,46,56H,5,8-14,16-17,34H2,1H3,(H,38,52)(H,39,55)(H,40,48)(H,41,47)(H,42,51)(H,43,54)(H,44,53)(H,49,50)(H4,35,36,37)/t18-,20-,21-,22-,23-,24-/m0/s1. The van der Waals surface area contributed by atoms with E-state index in [1.165, 1.54) is 6.92 Å². The molecule has 0 heterocycles. The summed E-state index contributed by atoms with van der Waals surface area (Å²) in [7, 11) is 0. The number of carboxylic acids is 1. The molecule has 0 unspecified atom stereocenters. The van der Waals surface area contributed by atoms with Crippen LogP contribution in [0.3, 0.4) is 0 Å². The zero-order valence-electron chi connectivity index (χ0n) is 30.7. The van der Waals surface area contributed by atoms with Gasteiger partial charge in [0.25, 0.3) is 0 Å². The highest BCUT2D eigenvalue weighted by Gasteiger charge is 2.31. The Morgan fingerprint density at radius 1 is 0.786 bits per heavy atom. The molecule has 1 aromatic carbocycles. The minimum atomic E-state index is -1.73. The van der Waals surface area contributed by atoms with Gasteiger partial charge in [0.1, 0.15) is 36.5 Å². The van der Waals surface area contributed by atoms with Crippen LogP contribution in [0.4, 0.5) is 0 Å². The van der Waals surface area contributed by atoms with Gasteiger partial charge in [0.15, 0.2) is 5.96 Å². The lowest BCUT2D eigenvalue weighted by atomic mass is 10.1. The fraction of sp³-hybridized carbons (Fsp3) is 0.515. The first kappa shape index (κ1) is 48.2. The molecular weight excluding hydrogens is 758 g/mol. The van der Waals surface area contributed by atoms with Crippen LogP contribution in [0.15, 0.2) is 35.3 Å². The number of guanidine groups is 1. The van der Waals surface area contributed by atoms with Gasteiger partial charge in [0.2, 0.25) is 41.4 Å². The van der Waals surface area contributed by atoms with E-state index in [4.69, 9.17) is 17.2 Å². The zero-order chi connectivity index (χ0) is 42.2. The minimum Gasteiger partial charge on any atom is -0.481 e. The van der Waals surface area contributed by atoms with Gasteiger partial charge in [-0.3, -0.25) is 43.3 Å². The molecule has 1 aromatic rings. The first-order chi connectivity index (χ1) is 26.5. The number of nitrogens with two attached hydrogens (primary N) is 3. The maximum atomic E-state index is 13.4. The number of thiol groups is 1. The van der Waals surface area contributed by atoms with Crippen molar-refractivity contribution >= 4 is 72.2 Å². The number of carbonyl (C=O) groups excluding carboxylic acids is 8. The number of hydrogen-bond acceptors (Lipinski definition) is 13. The molecule has 0 aliphatic carbocycles. The van der Waals surface area contributed by atoms with Gasteiger partial charge in [0.05, 0.1) is 25.7 Å². The van der Waals surface area contributed by atoms with Crippen molar-refractivity contribution in [2.75, 3.05) is 32.0 Å². The quantitative estimate of drug-likeness (QED) is 0.0136. The van der Waals surface area contributed by atoms with Crippen molar-refractivity contribution < 1.29 is 53.4 Å². The number of aldehydes is 1. The second-order valence-electron chi connectivity index (χ2n) is 12.2. The van der Waals surface area contributed by atoms with Gasteiger partial charge < -0.3 is 69.4 Å². The number of nitrogens with zero attached hydrogens (tertiary/aromatic N) is 1. The normalized spacial score (nSPS) is 13.8. The van der Waals surface area contributed by atoms with Crippen LogP contribution in [0.5, 0.6) is 0 Å². The lowest BCUT2D eigenvalue weighted by Gasteiger charge is -2.25. The van der Waals surface area contributed by atoms with Crippen LogP contribution in [0.2, 0.25) is 0 Å². The summed E-state index contributed by atoms with van der Waals surface area (Å²) in [6.45, 7) is -0.726. The van der Waals surface area contributed by atoms with Gasteiger partial charge >= 0.3 is 5.97 Å². The van der Waals surface area contributed by atoms with Crippen molar-refractivity contribution in [2.24, 2.45) is 22.2 Å². The Kier molecular flexibility index (Phi) is 22.4. The van der Waals surface area contributed by atoms with Crippen LogP contribution in [0.1, 0.15) is 38.2 Å². The summed E-state index contributed by atoms with van der Waals surface area (Å²) in [4.78, 5) is 116. The molecular formula is C33H51N11O11S. The predicted octanol–water partition coefficient (Wildman–Crippen LogP) is -5.73. The number of hydrogen-bond donors (Lipinski definition) is 13. The van der Waals surface area contributed by atoms with Gasteiger partial charge in [-0.15, -0.1) is 0 Å². The molecule has 0 spiro atoms. The second-order valence-corrected chi connectivity index (χ2v) is 12.6. The first-order valence-electron chi connectivity index (χ1n) is 17.3. The highest BCUT2D eigenvalue weighted by Crippen LogP contribution is 2.05. The van der Waals surface area contributed by atoms with E-state index < -0.39 is 116 Å². The topological polar surface area (TPSA) is 369 Å². The summed E-state index contributed by atoms with van der Waals surface area (Å²) >= 11 is 4.02. The minimum absolute atomic E-state index is 0.0316. The molecule has 23 heteroatoms. The molecule has 56 heavy (non-hydrogen) atoms. The number of aliphatic imine (C=N–C) groups is 1. The summed E-state index contributed by atoms with van der Waals surface area (Å²) in [6, 6.07) is 0.823. The molecule has 0 radical (unpaired) electrons. The van der Waals surface area contributed by atoms with E-state index >= 15 is 0 Å². The van der Waals surface area contributed by atoms with Crippen molar-refractivity contribution in [3.8, 4) is 0 Å². The molecule has 0 fully saturated rings. The average molecular weight is 810 g/mol. The average Bonchev–Trinajstić information content (AvgIpc) is 3.16. The number of nitrogens with one attached hydrogen (secondary N) is 7. The Labute approximate surface area is 327 Å². The molecule has 310 valence electrons. The van der Waals surface area contributed by atoms with Crippen LogP contribution in [0, 0.1) is 0 Å². The van der Waals surface area contributed by atoms with Crippen LogP contribution in [-0.2, 0) is 49.6 Å². The fourth-order valence-electron chi connectivity index (χ4n) is 4.72. The Bertz CT molecular complexity index is 1550. The van der Waals surface area contributed by atoms with E-state index in [0.717, 1.165) is 5.56 Å². The summed E-state index contributed by atoms with van der Waals surface area (Å²) in [6.07, 6.45) is -0.329. The van der Waals surface area contributed by atoms with Gasteiger partial charge in [-0.25, -0.2) is 0 Å². The summed E-state index contributed by atoms with van der Waals surface area (Å²) in [5, 5.41) is 35.6. The SMILES string of the molecule is C[C@H](NC(=O)[C@H](CS)NC(=O)CN)C(=O)N[C@@H](CCCN=C(N)N)C(=O)N[C@@H](CO)C(=O)N[C@@H](CCC(=O)O)C(=O)NCC(=O)N[C@H](C=O)Cc1ccccc1. The third-order valence-electron chi connectivity index (χ3n) is 7.68. The first-order valence-corrected chi connectivity index (χ1v) is 17.9. The number of rotatable bonds is 26. The predicted molar refractivity (Wildman–Crippen MR) is 203 cm³/mol. The third-order valence-corrected chi connectivity index (χ3v) is 8.04. The monoisotopic (exact) mass is 809 g/mol.